The number of rotatable bonds is 7. The van der Waals surface area contributed by atoms with E-state index in [2.05, 4.69) is 49.5 Å². The molecule has 0 aliphatic carbocycles. The van der Waals surface area contributed by atoms with Gasteiger partial charge in [-0.2, -0.15) is 0 Å². The molecule has 0 aromatic heterocycles. The average molecular weight is 261 g/mol. The Morgan fingerprint density at radius 3 is 2.74 bits per heavy atom. The number of hydrogen-bond donors (Lipinski definition) is 1. The van der Waals surface area contributed by atoms with Crippen molar-refractivity contribution < 1.29 is 4.74 Å². The van der Waals surface area contributed by atoms with Crippen LogP contribution in [0.15, 0.2) is 30.3 Å². The molecule has 2 unspecified atom stereocenters. The lowest BCUT2D eigenvalue weighted by atomic mass is 9.98. The molecule has 1 aliphatic heterocycles. The van der Waals surface area contributed by atoms with Crippen LogP contribution < -0.4 is 5.32 Å². The minimum absolute atomic E-state index is 0.0409. The summed E-state index contributed by atoms with van der Waals surface area (Å²) in [6, 6.07) is 11.3. The molecular formula is C17H27NO. The first-order valence-corrected chi connectivity index (χ1v) is 7.66. The van der Waals surface area contributed by atoms with Gasteiger partial charge in [0.15, 0.2) is 0 Å². The molecule has 2 atom stereocenters. The van der Waals surface area contributed by atoms with Crippen molar-refractivity contribution in [2.75, 3.05) is 13.2 Å². The second-order valence-electron chi connectivity index (χ2n) is 5.89. The molecule has 0 spiro atoms. The van der Waals surface area contributed by atoms with Crippen molar-refractivity contribution in [2.24, 2.45) is 0 Å². The molecule has 0 amide bonds. The standard InChI is InChI=1S/C17H27NO/c1-3-4-11-16(15-9-6-5-7-10-15)18-14-17(2)12-8-13-19-17/h5-7,9-10,16,18H,3-4,8,11-14H2,1-2H3. The maximum Gasteiger partial charge on any atom is 0.0779 e. The van der Waals surface area contributed by atoms with Crippen LogP contribution in [0.1, 0.15) is 57.6 Å². The normalized spacial score (nSPS) is 24.5. The molecule has 1 fully saturated rings. The highest BCUT2D eigenvalue weighted by Gasteiger charge is 2.30. The Kier molecular flexibility index (Phi) is 5.41. The number of hydrogen-bond acceptors (Lipinski definition) is 2. The van der Waals surface area contributed by atoms with Crippen molar-refractivity contribution in [3.05, 3.63) is 35.9 Å². The molecule has 2 heteroatoms. The second-order valence-corrected chi connectivity index (χ2v) is 5.89. The van der Waals surface area contributed by atoms with Crippen LogP contribution in [0, 0.1) is 0 Å². The minimum Gasteiger partial charge on any atom is -0.374 e. The van der Waals surface area contributed by atoms with Crippen LogP contribution in [0.4, 0.5) is 0 Å². The van der Waals surface area contributed by atoms with Gasteiger partial charge < -0.3 is 10.1 Å². The predicted octanol–water partition coefficient (Wildman–Crippen LogP) is 4.08. The molecule has 0 radical (unpaired) electrons. The number of unbranched alkanes of at least 4 members (excludes halogenated alkanes) is 1. The first-order valence-electron chi connectivity index (χ1n) is 7.66. The molecule has 1 N–H and O–H groups in total. The highest BCUT2D eigenvalue weighted by atomic mass is 16.5. The Labute approximate surface area is 117 Å². The summed E-state index contributed by atoms with van der Waals surface area (Å²) in [6.07, 6.45) is 6.10. The molecule has 1 aromatic rings. The zero-order valence-corrected chi connectivity index (χ0v) is 12.3. The Morgan fingerprint density at radius 2 is 2.11 bits per heavy atom. The molecule has 2 nitrogen and oxygen atoms in total. The second kappa shape index (κ2) is 7.06. The van der Waals surface area contributed by atoms with Gasteiger partial charge in [-0.25, -0.2) is 0 Å². The summed E-state index contributed by atoms with van der Waals surface area (Å²) >= 11 is 0. The zero-order valence-electron chi connectivity index (χ0n) is 12.3. The lowest BCUT2D eigenvalue weighted by Crippen LogP contribution is -2.39. The van der Waals surface area contributed by atoms with Gasteiger partial charge in [-0.05, 0) is 31.7 Å². The van der Waals surface area contributed by atoms with E-state index >= 15 is 0 Å². The summed E-state index contributed by atoms with van der Waals surface area (Å²) in [4.78, 5) is 0. The Hall–Kier alpha value is -0.860. The van der Waals surface area contributed by atoms with Crippen LogP contribution in [0.25, 0.3) is 0 Å². The third kappa shape index (κ3) is 4.32. The van der Waals surface area contributed by atoms with E-state index in [0.717, 1.165) is 13.2 Å². The molecule has 19 heavy (non-hydrogen) atoms. The van der Waals surface area contributed by atoms with E-state index in [4.69, 9.17) is 4.74 Å². The van der Waals surface area contributed by atoms with Crippen molar-refractivity contribution in [3.8, 4) is 0 Å². The number of nitrogens with one attached hydrogen (secondary N) is 1. The van der Waals surface area contributed by atoms with Crippen LogP contribution >= 0.6 is 0 Å². The van der Waals surface area contributed by atoms with Gasteiger partial charge in [-0.15, -0.1) is 0 Å². The monoisotopic (exact) mass is 261 g/mol. The molecule has 0 bridgehead atoms. The van der Waals surface area contributed by atoms with Crippen LogP contribution in [-0.2, 0) is 4.74 Å². The Balaban J connectivity index is 1.94. The van der Waals surface area contributed by atoms with Crippen LogP contribution in [0.5, 0.6) is 0 Å². The van der Waals surface area contributed by atoms with E-state index in [0.29, 0.717) is 6.04 Å². The topological polar surface area (TPSA) is 21.3 Å². The van der Waals surface area contributed by atoms with Gasteiger partial charge in [-0.1, -0.05) is 50.1 Å². The molecule has 1 saturated heterocycles. The van der Waals surface area contributed by atoms with Gasteiger partial charge in [0.2, 0.25) is 0 Å². The molecule has 1 aromatic carbocycles. The highest BCUT2D eigenvalue weighted by Crippen LogP contribution is 2.26. The van der Waals surface area contributed by atoms with Gasteiger partial charge in [0.1, 0.15) is 0 Å². The first-order chi connectivity index (χ1) is 9.23. The van der Waals surface area contributed by atoms with Crippen LogP contribution in [-0.4, -0.2) is 18.8 Å². The Morgan fingerprint density at radius 1 is 1.32 bits per heavy atom. The molecule has 1 heterocycles. The lowest BCUT2D eigenvalue weighted by molar-refractivity contribution is 0.0184. The molecular weight excluding hydrogens is 234 g/mol. The van der Waals surface area contributed by atoms with Crippen LogP contribution in [0.2, 0.25) is 0 Å². The lowest BCUT2D eigenvalue weighted by Gasteiger charge is -2.27. The summed E-state index contributed by atoms with van der Waals surface area (Å²) in [6.45, 7) is 6.36. The van der Waals surface area contributed by atoms with E-state index in [1.165, 1.54) is 37.7 Å². The summed E-state index contributed by atoms with van der Waals surface area (Å²) < 4.78 is 5.87. The highest BCUT2D eigenvalue weighted by molar-refractivity contribution is 5.18. The van der Waals surface area contributed by atoms with Crippen molar-refractivity contribution in [3.63, 3.8) is 0 Å². The number of ether oxygens (including phenoxy) is 1. The van der Waals surface area contributed by atoms with Gasteiger partial charge in [0, 0.05) is 19.2 Å². The van der Waals surface area contributed by atoms with E-state index in [1.807, 2.05) is 0 Å². The fourth-order valence-corrected chi connectivity index (χ4v) is 2.80. The van der Waals surface area contributed by atoms with Crippen molar-refractivity contribution >= 4 is 0 Å². The van der Waals surface area contributed by atoms with E-state index in [9.17, 15) is 0 Å². The Bertz CT molecular complexity index is 357. The molecule has 1 aliphatic rings. The zero-order chi connectivity index (χ0) is 13.6. The van der Waals surface area contributed by atoms with Crippen molar-refractivity contribution in [1.82, 2.24) is 5.32 Å². The molecule has 0 saturated carbocycles. The maximum absolute atomic E-state index is 5.87. The van der Waals surface area contributed by atoms with E-state index < -0.39 is 0 Å². The first kappa shape index (κ1) is 14.5. The van der Waals surface area contributed by atoms with Crippen molar-refractivity contribution in [2.45, 2.75) is 57.6 Å². The SMILES string of the molecule is CCCCC(NCC1(C)CCCO1)c1ccccc1. The minimum atomic E-state index is 0.0409. The summed E-state index contributed by atoms with van der Waals surface area (Å²) in [5, 5.41) is 3.73. The van der Waals surface area contributed by atoms with Gasteiger partial charge in [-0.3, -0.25) is 0 Å². The third-order valence-corrected chi connectivity index (χ3v) is 4.07. The summed E-state index contributed by atoms with van der Waals surface area (Å²) in [5.74, 6) is 0. The van der Waals surface area contributed by atoms with Gasteiger partial charge in [0.05, 0.1) is 5.60 Å². The predicted molar refractivity (Wildman–Crippen MR) is 80.3 cm³/mol. The van der Waals surface area contributed by atoms with Gasteiger partial charge >= 0.3 is 0 Å². The van der Waals surface area contributed by atoms with E-state index in [1.54, 1.807) is 0 Å². The van der Waals surface area contributed by atoms with Crippen molar-refractivity contribution in [1.29, 1.82) is 0 Å². The van der Waals surface area contributed by atoms with Gasteiger partial charge in [0.25, 0.3) is 0 Å². The smallest absolute Gasteiger partial charge is 0.0779 e. The third-order valence-electron chi connectivity index (χ3n) is 4.07. The summed E-state index contributed by atoms with van der Waals surface area (Å²) in [5.41, 5.74) is 1.44. The largest absolute Gasteiger partial charge is 0.374 e. The van der Waals surface area contributed by atoms with Crippen LogP contribution in [0.3, 0.4) is 0 Å². The average Bonchev–Trinajstić information content (AvgIpc) is 2.87. The molecule has 2 rings (SSSR count). The fourth-order valence-electron chi connectivity index (χ4n) is 2.80. The van der Waals surface area contributed by atoms with E-state index in [-0.39, 0.29) is 5.60 Å². The number of benzene rings is 1. The summed E-state index contributed by atoms with van der Waals surface area (Å²) in [7, 11) is 0. The quantitative estimate of drug-likeness (QED) is 0.798. The molecule has 106 valence electrons. The fraction of sp³-hybridized carbons (Fsp3) is 0.647. The maximum atomic E-state index is 5.87.